The van der Waals surface area contributed by atoms with Crippen LogP contribution < -0.4 is 5.32 Å². The van der Waals surface area contributed by atoms with Crippen LogP contribution in [0.3, 0.4) is 0 Å². The second kappa shape index (κ2) is 5.38. The normalized spacial score (nSPS) is 22.1. The average molecular weight is 242 g/mol. The third kappa shape index (κ3) is 2.78. The third-order valence-electron chi connectivity index (χ3n) is 2.57. The van der Waals surface area contributed by atoms with E-state index in [4.69, 9.17) is 9.84 Å². The Kier molecular flexibility index (Phi) is 3.87. The summed E-state index contributed by atoms with van der Waals surface area (Å²) >= 11 is 1.40. The Hall–Kier alpha value is -0.980. The minimum absolute atomic E-state index is 0.139. The minimum atomic E-state index is -0.899. The monoisotopic (exact) mass is 242 g/mol. The quantitative estimate of drug-likeness (QED) is 0.807. The Morgan fingerprint density at radius 3 is 3.25 bits per heavy atom. The van der Waals surface area contributed by atoms with Crippen molar-refractivity contribution in [3.8, 4) is 0 Å². The fourth-order valence-corrected chi connectivity index (χ4v) is 2.32. The Labute approximate surface area is 97.5 Å². The Morgan fingerprint density at radius 2 is 2.69 bits per heavy atom. The summed E-state index contributed by atoms with van der Waals surface area (Å²) in [6.07, 6.45) is 2.19. The highest BCUT2D eigenvalue weighted by Crippen LogP contribution is 2.15. The molecule has 2 rings (SSSR count). The number of aromatic nitrogens is 1. The lowest BCUT2D eigenvalue weighted by molar-refractivity contribution is -0.139. The summed E-state index contributed by atoms with van der Waals surface area (Å²) in [5.41, 5.74) is 2.20. The summed E-state index contributed by atoms with van der Waals surface area (Å²) in [6, 6.07) is -0.726. The lowest BCUT2D eigenvalue weighted by Gasteiger charge is -2.15. The molecule has 1 aliphatic heterocycles. The van der Waals surface area contributed by atoms with E-state index < -0.39 is 12.0 Å². The van der Waals surface area contributed by atoms with Gasteiger partial charge in [-0.25, -0.2) is 4.98 Å². The summed E-state index contributed by atoms with van der Waals surface area (Å²) in [6.45, 7) is 1.34. The van der Waals surface area contributed by atoms with Crippen molar-refractivity contribution in [2.24, 2.45) is 0 Å². The van der Waals surface area contributed by atoms with Gasteiger partial charge < -0.3 is 9.84 Å². The topological polar surface area (TPSA) is 71.5 Å². The van der Waals surface area contributed by atoms with Crippen LogP contribution in [0.5, 0.6) is 0 Å². The van der Waals surface area contributed by atoms with Crippen molar-refractivity contribution in [2.75, 3.05) is 13.2 Å². The summed E-state index contributed by atoms with van der Waals surface area (Å²) in [5.74, 6) is -0.899. The predicted molar refractivity (Wildman–Crippen MR) is 59.5 cm³/mol. The first-order chi connectivity index (χ1) is 7.77. The second-order valence-corrected chi connectivity index (χ2v) is 4.45. The molecule has 16 heavy (non-hydrogen) atoms. The molecule has 2 N–H and O–H groups in total. The van der Waals surface area contributed by atoms with Crippen LogP contribution in [0, 0.1) is 0 Å². The third-order valence-corrected chi connectivity index (χ3v) is 3.17. The molecular weight excluding hydrogens is 228 g/mol. The van der Waals surface area contributed by atoms with Gasteiger partial charge in [0.2, 0.25) is 0 Å². The van der Waals surface area contributed by atoms with Gasteiger partial charge in [0.15, 0.2) is 0 Å². The molecular formula is C10H14N2O3S. The number of aliphatic carboxylic acids is 1. The summed E-state index contributed by atoms with van der Waals surface area (Å²) in [7, 11) is 0. The number of nitrogens with one attached hydrogen (secondary N) is 1. The maximum Gasteiger partial charge on any atom is 0.327 e. The molecule has 5 nitrogen and oxygen atoms in total. The van der Waals surface area contributed by atoms with Crippen LogP contribution in [0.4, 0.5) is 0 Å². The van der Waals surface area contributed by atoms with Crippen molar-refractivity contribution >= 4 is 17.3 Å². The number of rotatable bonds is 5. The van der Waals surface area contributed by atoms with E-state index in [0.717, 1.165) is 19.4 Å². The van der Waals surface area contributed by atoms with E-state index in [1.165, 1.54) is 11.3 Å². The fourth-order valence-electron chi connectivity index (χ4n) is 1.74. The fraction of sp³-hybridized carbons (Fsp3) is 0.600. The molecule has 0 amide bonds. The molecule has 6 heteroatoms. The van der Waals surface area contributed by atoms with Crippen LogP contribution in [0.25, 0.3) is 0 Å². The van der Waals surface area contributed by atoms with Crippen molar-refractivity contribution in [2.45, 2.75) is 25.0 Å². The smallest absolute Gasteiger partial charge is 0.327 e. The first kappa shape index (κ1) is 11.5. The highest BCUT2D eigenvalue weighted by atomic mass is 32.1. The Balaban J connectivity index is 1.90. The second-order valence-electron chi connectivity index (χ2n) is 3.73. The number of hydrogen-bond acceptors (Lipinski definition) is 5. The molecule has 1 aromatic heterocycles. The van der Waals surface area contributed by atoms with Crippen molar-refractivity contribution in [1.82, 2.24) is 10.3 Å². The van der Waals surface area contributed by atoms with Gasteiger partial charge in [-0.3, -0.25) is 10.1 Å². The number of hydrogen-bond donors (Lipinski definition) is 2. The molecule has 1 fully saturated rings. The van der Waals surface area contributed by atoms with Gasteiger partial charge in [-0.05, 0) is 12.8 Å². The highest BCUT2D eigenvalue weighted by Gasteiger charge is 2.23. The van der Waals surface area contributed by atoms with E-state index in [1.54, 1.807) is 10.9 Å². The first-order valence-corrected chi connectivity index (χ1v) is 6.17. The minimum Gasteiger partial charge on any atom is -0.480 e. The number of nitrogens with zero attached hydrogens (tertiary/aromatic N) is 1. The predicted octanol–water partition coefficient (Wildman–Crippen LogP) is 1.04. The average Bonchev–Trinajstić information content (AvgIpc) is 2.88. The molecule has 2 heterocycles. The van der Waals surface area contributed by atoms with Gasteiger partial charge >= 0.3 is 5.97 Å². The zero-order valence-electron chi connectivity index (χ0n) is 8.76. The van der Waals surface area contributed by atoms with Crippen LogP contribution in [-0.2, 0) is 9.53 Å². The Morgan fingerprint density at radius 1 is 1.81 bits per heavy atom. The van der Waals surface area contributed by atoms with Crippen molar-refractivity contribution < 1.29 is 14.6 Å². The lowest BCUT2D eigenvalue weighted by atomic mass is 10.2. The van der Waals surface area contributed by atoms with Crippen LogP contribution in [0.2, 0.25) is 0 Å². The number of carbonyl (C=O) groups is 1. The number of carboxylic acid groups (broad SMARTS) is 1. The van der Waals surface area contributed by atoms with E-state index in [-0.39, 0.29) is 6.10 Å². The van der Waals surface area contributed by atoms with Crippen molar-refractivity contribution in [1.29, 1.82) is 0 Å². The lowest BCUT2D eigenvalue weighted by Crippen LogP contribution is -2.34. The van der Waals surface area contributed by atoms with E-state index in [1.807, 2.05) is 0 Å². The number of thiazole rings is 1. The molecule has 0 radical (unpaired) electrons. The van der Waals surface area contributed by atoms with Crippen LogP contribution in [0.15, 0.2) is 10.9 Å². The van der Waals surface area contributed by atoms with E-state index in [0.29, 0.717) is 12.2 Å². The number of carboxylic acids is 1. The van der Waals surface area contributed by atoms with Gasteiger partial charge in [0.25, 0.3) is 0 Å². The van der Waals surface area contributed by atoms with Gasteiger partial charge in [-0.1, -0.05) is 0 Å². The van der Waals surface area contributed by atoms with Gasteiger partial charge in [0, 0.05) is 18.5 Å². The molecule has 0 saturated carbocycles. The van der Waals surface area contributed by atoms with Gasteiger partial charge in [0.05, 0.1) is 17.3 Å². The first-order valence-electron chi connectivity index (χ1n) is 5.23. The van der Waals surface area contributed by atoms with E-state index in [2.05, 4.69) is 10.3 Å². The summed E-state index contributed by atoms with van der Waals surface area (Å²) in [5, 5.41) is 13.8. The zero-order chi connectivity index (χ0) is 11.4. The molecule has 2 unspecified atom stereocenters. The van der Waals surface area contributed by atoms with Crippen molar-refractivity contribution in [3.63, 3.8) is 0 Å². The Bertz CT molecular complexity index is 336. The molecule has 88 valence electrons. The van der Waals surface area contributed by atoms with Gasteiger partial charge in [0.1, 0.15) is 6.04 Å². The summed E-state index contributed by atoms with van der Waals surface area (Å²) < 4.78 is 5.43. The molecule has 1 saturated heterocycles. The maximum absolute atomic E-state index is 11.1. The van der Waals surface area contributed by atoms with Crippen LogP contribution >= 0.6 is 11.3 Å². The van der Waals surface area contributed by atoms with E-state index in [9.17, 15) is 4.79 Å². The molecule has 0 aliphatic carbocycles. The number of ether oxygens (including phenoxy) is 1. The van der Waals surface area contributed by atoms with Crippen LogP contribution in [0.1, 0.15) is 24.6 Å². The highest BCUT2D eigenvalue weighted by molar-refractivity contribution is 7.07. The largest absolute Gasteiger partial charge is 0.480 e. The van der Waals surface area contributed by atoms with E-state index >= 15 is 0 Å². The molecule has 0 aromatic carbocycles. The standard InChI is InChI=1S/C10H14N2O3S/c13-10(14)9(8-5-16-6-12-8)11-4-7-2-1-3-15-7/h5-7,9,11H,1-4H2,(H,13,14). The molecule has 2 atom stereocenters. The molecule has 1 aromatic rings. The SMILES string of the molecule is O=C(O)C(NCC1CCCO1)c1cscn1. The van der Waals surface area contributed by atoms with Gasteiger partial charge in [-0.15, -0.1) is 11.3 Å². The maximum atomic E-state index is 11.1. The molecule has 1 aliphatic rings. The summed E-state index contributed by atoms with van der Waals surface area (Å²) in [4.78, 5) is 15.1. The zero-order valence-corrected chi connectivity index (χ0v) is 9.57. The van der Waals surface area contributed by atoms with Gasteiger partial charge in [-0.2, -0.15) is 0 Å². The van der Waals surface area contributed by atoms with Crippen LogP contribution in [-0.4, -0.2) is 35.3 Å². The molecule has 0 spiro atoms. The molecule has 0 bridgehead atoms. The van der Waals surface area contributed by atoms with Crippen molar-refractivity contribution in [3.05, 3.63) is 16.6 Å².